The van der Waals surface area contributed by atoms with Crippen LogP contribution in [0.4, 0.5) is 5.69 Å². The number of hydrogen-bond donors (Lipinski definition) is 0. The molecule has 0 N–H and O–H groups in total. The summed E-state index contributed by atoms with van der Waals surface area (Å²) >= 11 is 0. The molecule has 0 unspecified atom stereocenters. The van der Waals surface area contributed by atoms with Crippen LogP contribution in [-0.2, 0) is 14.3 Å². The Morgan fingerprint density at radius 1 is 0.967 bits per heavy atom. The van der Waals surface area contributed by atoms with Crippen LogP contribution in [0.1, 0.15) is 12.5 Å². The number of esters is 1. The molecular weight excluding hydrogens is 378 g/mol. The molecule has 0 saturated heterocycles. The van der Waals surface area contributed by atoms with Gasteiger partial charge in [-0.2, -0.15) is 0 Å². The van der Waals surface area contributed by atoms with Gasteiger partial charge in [0, 0.05) is 11.8 Å². The van der Waals surface area contributed by atoms with Crippen LogP contribution in [-0.4, -0.2) is 26.1 Å². The molecule has 1 amide bonds. The van der Waals surface area contributed by atoms with Crippen LogP contribution in [0.2, 0.25) is 0 Å². The monoisotopic (exact) mass is 399 g/mol. The zero-order valence-corrected chi connectivity index (χ0v) is 17.0. The highest BCUT2D eigenvalue weighted by molar-refractivity contribution is 6.24. The van der Waals surface area contributed by atoms with Crippen LogP contribution >= 0.6 is 0 Å². The summed E-state index contributed by atoms with van der Waals surface area (Å²) in [7, 11) is 2.89. The van der Waals surface area contributed by atoms with Gasteiger partial charge in [-0.3, -0.25) is 9.69 Å². The maximum Gasteiger partial charge on any atom is 0.340 e. The highest BCUT2D eigenvalue weighted by Crippen LogP contribution is 2.37. The summed E-state index contributed by atoms with van der Waals surface area (Å²) in [4.78, 5) is 27.6. The van der Waals surface area contributed by atoms with Gasteiger partial charge in [0.05, 0.1) is 31.1 Å². The third-order valence-electron chi connectivity index (χ3n) is 5.22. The van der Waals surface area contributed by atoms with Crippen molar-refractivity contribution in [3.8, 4) is 5.75 Å². The molecule has 0 atom stereocenters. The summed E-state index contributed by atoms with van der Waals surface area (Å²) in [5, 5.41) is 2.06. The van der Waals surface area contributed by atoms with Crippen molar-refractivity contribution in [2.45, 2.75) is 6.92 Å². The third-order valence-corrected chi connectivity index (χ3v) is 5.22. The van der Waals surface area contributed by atoms with Crippen molar-refractivity contribution in [2.75, 3.05) is 19.1 Å². The van der Waals surface area contributed by atoms with Gasteiger partial charge in [0.2, 0.25) is 0 Å². The molecule has 1 aliphatic heterocycles. The number of hydrogen-bond acceptors (Lipinski definition) is 4. The summed E-state index contributed by atoms with van der Waals surface area (Å²) < 4.78 is 10.3. The molecule has 0 fully saturated rings. The Morgan fingerprint density at radius 3 is 2.47 bits per heavy atom. The van der Waals surface area contributed by atoms with E-state index in [0.29, 0.717) is 22.7 Å². The lowest BCUT2D eigenvalue weighted by Crippen LogP contribution is -2.24. The highest BCUT2D eigenvalue weighted by Gasteiger charge is 2.38. The third kappa shape index (κ3) is 3.24. The number of nitrogens with zero attached hydrogens (tertiary/aromatic N) is 1. The van der Waals surface area contributed by atoms with Crippen molar-refractivity contribution in [3.05, 3.63) is 89.1 Å². The Balaban J connectivity index is 1.89. The van der Waals surface area contributed by atoms with Crippen molar-refractivity contribution in [2.24, 2.45) is 0 Å². The molecule has 0 spiro atoms. The summed E-state index contributed by atoms with van der Waals surface area (Å²) in [6.45, 7) is 1.74. The second-order valence-electron chi connectivity index (χ2n) is 6.92. The van der Waals surface area contributed by atoms with E-state index >= 15 is 0 Å². The first-order chi connectivity index (χ1) is 14.5. The van der Waals surface area contributed by atoms with Gasteiger partial charge in [-0.15, -0.1) is 0 Å². The lowest BCUT2D eigenvalue weighted by atomic mass is 9.99. The number of rotatable bonds is 4. The Morgan fingerprint density at radius 2 is 1.70 bits per heavy atom. The second kappa shape index (κ2) is 7.87. The summed E-state index contributed by atoms with van der Waals surface area (Å²) in [6.07, 6.45) is 1.76. The number of carbonyl (C=O) groups excluding carboxylic acids is 2. The van der Waals surface area contributed by atoms with Gasteiger partial charge >= 0.3 is 5.97 Å². The fourth-order valence-electron chi connectivity index (χ4n) is 3.77. The average Bonchev–Trinajstić information content (AvgIpc) is 3.02. The van der Waals surface area contributed by atoms with Crippen molar-refractivity contribution < 1.29 is 19.1 Å². The molecule has 0 radical (unpaired) electrons. The van der Waals surface area contributed by atoms with Gasteiger partial charge in [-0.05, 0) is 41.5 Å². The van der Waals surface area contributed by atoms with Crippen LogP contribution in [0.25, 0.3) is 16.8 Å². The first-order valence-corrected chi connectivity index (χ1v) is 9.52. The highest BCUT2D eigenvalue weighted by atomic mass is 16.5. The first kappa shape index (κ1) is 19.5. The van der Waals surface area contributed by atoms with E-state index in [1.165, 1.54) is 12.0 Å². The minimum absolute atomic E-state index is 0.262. The van der Waals surface area contributed by atoms with E-state index in [1.807, 2.05) is 42.5 Å². The molecule has 3 aromatic carbocycles. The van der Waals surface area contributed by atoms with Crippen LogP contribution in [0.15, 0.2) is 83.6 Å². The molecular formula is C25H21NO4. The molecule has 3 aromatic rings. The molecule has 1 aliphatic rings. The number of benzene rings is 3. The molecule has 5 nitrogen and oxygen atoms in total. The average molecular weight is 399 g/mol. The molecule has 30 heavy (non-hydrogen) atoms. The van der Waals surface area contributed by atoms with E-state index in [9.17, 15) is 9.59 Å². The number of ether oxygens (including phenoxy) is 2. The Bertz CT molecular complexity index is 1220. The van der Waals surface area contributed by atoms with Gasteiger partial charge in [-0.1, -0.05) is 48.5 Å². The predicted molar refractivity (Wildman–Crippen MR) is 117 cm³/mol. The first-order valence-electron chi connectivity index (χ1n) is 9.52. The van der Waals surface area contributed by atoms with Gasteiger partial charge in [-0.25, -0.2) is 4.79 Å². The predicted octanol–water partition coefficient (Wildman–Crippen LogP) is 4.73. The van der Waals surface area contributed by atoms with Gasteiger partial charge < -0.3 is 9.47 Å². The molecule has 0 bridgehead atoms. The number of anilines is 1. The van der Waals surface area contributed by atoms with Gasteiger partial charge in [0.1, 0.15) is 5.75 Å². The van der Waals surface area contributed by atoms with Crippen LogP contribution in [0, 0.1) is 0 Å². The van der Waals surface area contributed by atoms with E-state index in [1.54, 1.807) is 44.4 Å². The molecule has 1 heterocycles. The fourth-order valence-corrected chi connectivity index (χ4v) is 3.77. The number of methoxy groups -OCH3 is 2. The minimum atomic E-state index is -0.544. The molecule has 4 rings (SSSR count). The Kier molecular flexibility index (Phi) is 5.11. The number of allylic oxidation sites excluding steroid dienone is 1. The second-order valence-corrected chi connectivity index (χ2v) is 6.92. The van der Waals surface area contributed by atoms with Crippen LogP contribution < -0.4 is 9.64 Å². The van der Waals surface area contributed by atoms with Crippen LogP contribution in [0.5, 0.6) is 5.75 Å². The molecule has 150 valence electrons. The zero-order valence-electron chi connectivity index (χ0n) is 17.0. The summed E-state index contributed by atoms with van der Waals surface area (Å²) in [6, 6.07) is 21.0. The smallest absolute Gasteiger partial charge is 0.340 e. The van der Waals surface area contributed by atoms with Crippen molar-refractivity contribution in [1.82, 2.24) is 0 Å². The quantitative estimate of drug-likeness (QED) is 0.470. The van der Waals surface area contributed by atoms with Crippen molar-refractivity contribution in [1.29, 1.82) is 0 Å². The lowest BCUT2D eigenvalue weighted by Gasteiger charge is -2.18. The number of fused-ring (bicyclic) bond motifs is 1. The molecule has 0 aromatic heterocycles. The number of amides is 1. The van der Waals surface area contributed by atoms with Crippen molar-refractivity contribution in [3.63, 3.8) is 0 Å². The maximum atomic E-state index is 13.5. The molecule has 0 saturated carbocycles. The Hall–Kier alpha value is -3.86. The van der Waals surface area contributed by atoms with E-state index < -0.39 is 5.97 Å². The van der Waals surface area contributed by atoms with E-state index in [0.717, 1.165) is 16.3 Å². The molecule has 5 heteroatoms. The summed E-state index contributed by atoms with van der Waals surface area (Å²) in [5.74, 6) is -0.203. The Labute approximate surface area is 174 Å². The lowest BCUT2D eigenvalue weighted by molar-refractivity contribution is -0.136. The maximum absolute atomic E-state index is 13.5. The van der Waals surface area contributed by atoms with Crippen molar-refractivity contribution >= 4 is 34.4 Å². The van der Waals surface area contributed by atoms with Gasteiger partial charge in [0.25, 0.3) is 5.91 Å². The standard InChI is InChI=1S/C25H21NO4/c1-16-23(25(28)30-3)22(14-18-10-6-9-17-8-4-5-13-21(17)18)24(27)26(16)19-11-7-12-20(15-19)29-2/h4-15H,1-3H3/b22-14-. The largest absolute Gasteiger partial charge is 0.497 e. The molecule has 0 aliphatic carbocycles. The van der Waals surface area contributed by atoms with E-state index in [-0.39, 0.29) is 11.5 Å². The zero-order chi connectivity index (χ0) is 21.3. The SMILES string of the molecule is COC(=O)C1=C(C)N(c2cccc(OC)c2)C(=O)/C1=C\c1cccc2ccccc12. The van der Waals surface area contributed by atoms with E-state index in [2.05, 4.69) is 0 Å². The van der Waals surface area contributed by atoms with Gasteiger partial charge in [0.15, 0.2) is 0 Å². The fraction of sp³-hybridized carbons (Fsp3) is 0.120. The van der Waals surface area contributed by atoms with E-state index in [4.69, 9.17) is 9.47 Å². The topological polar surface area (TPSA) is 55.8 Å². The minimum Gasteiger partial charge on any atom is -0.497 e. The summed E-state index contributed by atoms with van der Waals surface area (Å²) in [5.41, 5.74) is 2.57. The number of carbonyl (C=O) groups is 2. The van der Waals surface area contributed by atoms with Crippen LogP contribution in [0.3, 0.4) is 0 Å². The normalized spacial score (nSPS) is 15.2.